The van der Waals surface area contributed by atoms with Crippen LogP contribution in [0.1, 0.15) is 37.1 Å². The predicted molar refractivity (Wildman–Crippen MR) is 52.1 cm³/mol. The number of aryl methyl sites for hydroxylation is 1. The molecule has 1 heterocycles. The molecule has 0 radical (unpaired) electrons. The zero-order valence-electron chi connectivity index (χ0n) is 8.25. The fraction of sp³-hybridized carbons (Fsp3) is 0.700. The summed E-state index contributed by atoms with van der Waals surface area (Å²) in [6, 6.07) is 0.159. The molecular formula is C10H17N3. The van der Waals surface area contributed by atoms with Gasteiger partial charge >= 0.3 is 0 Å². The van der Waals surface area contributed by atoms with E-state index in [4.69, 9.17) is 5.73 Å². The van der Waals surface area contributed by atoms with Gasteiger partial charge in [0, 0.05) is 17.3 Å². The molecule has 0 bridgehead atoms. The number of hydrogen-bond donors (Lipinski definition) is 2. The van der Waals surface area contributed by atoms with E-state index < -0.39 is 0 Å². The number of nitrogens with zero attached hydrogens (tertiary/aromatic N) is 1. The van der Waals surface area contributed by atoms with Crippen LogP contribution in [-0.4, -0.2) is 10.2 Å². The van der Waals surface area contributed by atoms with Crippen molar-refractivity contribution in [2.24, 2.45) is 17.6 Å². The second-order valence-corrected chi connectivity index (χ2v) is 4.17. The third-order valence-electron chi connectivity index (χ3n) is 3.16. The highest BCUT2D eigenvalue weighted by Crippen LogP contribution is 2.41. The minimum Gasteiger partial charge on any atom is -0.324 e. The quantitative estimate of drug-likeness (QED) is 0.743. The number of aromatic nitrogens is 2. The Morgan fingerprint density at radius 3 is 2.77 bits per heavy atom. The minimum absolute atomic E-state index is 0.159. The van der Waals surface area contributed by atoms with Crippen LogP contribution in [0.4, 0.5) is 0 Å². The average Bonchev–Trinajstić information content (AvgIpc) is 2.87. The summed E-state index contributed by atoms with van der Waals surface area (Å²) < 4.78 is 0. The smallest absolute Gasteiger partial charge is 0.0537 e. The predicted octanol–water partition coefficient (Wildman–Crippen LogP) is 1.76. The van der Waals surface area contributed by atoms with Gasteiger partial charge in [0.05, 0.1) is 6.20 Å². The monoisotopic (exact) mass is 179 g/mol. The number of nitrogens with two attached hydrogens (primary N) is 1. The molecule has 1 aliphatic rings. The molecular weight excluding hydrogens is 162 g/mol. The maximum Gasteiger partial charge on any atom is 0.0537 e. The molecule has 1 aromatic heterocycles. The van der Waals surface area contributed by atoms with E-state index in [1.165, 1.54) is 18.4 Å². The van der Waals surface area contributed by atoms with E-state index in [0.29, 0.717) is 5.92 Å². The third kappa shape index (κ3) is 1.61. The third-order valence-corrected chi connectivity index (χ3v) is 3.16. The zero-order valence-corrected chi connectivity index (χ0v) is 8.25. The van der Waals surface area contributed by atoms with E-state index in [1.807, 2.05) is 13.1 Å². The molecule has 1 saturated carbocycles. The van der Waals surface area contributed by atoms with E-state index in [2.05, 4.69) is 17.1 Å². The van der Waals surface area contributed by atoms with Gasteiger partial charge in [-0.2, -0.15) is 5.10 Å². The van der Waals surface area contributed by atoms with Gasteiger partial charge in [-0.15, -0.1) is 0 Å². The summed E-state index contributed by atoms with van der Waals surface area (Å²) in [5, 5.41) is 6.93. The van der Waals surface area contributed by atoms with Crippen LogP contribution in [0.25, 0.3) is 0 Å². The molecule has 2 atom stereocenters. The van der Waals surface area contributed by atoms with Crippen LogP contribution in [0.15, 0.2) is 6.20 Å². The van der Waals surface area contributed by atoms with Crippen molar-refractivity contribution in [2.75, 3.05) is 0 Å². The SMILES string of the molecule is Cc1[nH]ncc1C(N)C(C)C1CC1. The molecule has 2 unspecified atom stereocenters. The first-order valence-corrected chi connectivity index (χ1v) is 4.95. The molecule has 0 spiro atoms. The summed E-state index contributed by atoms with van der Waals surface area (Å²) in [6.07, 6.45) is 4.57. The number of nitrogens with one attached hydrogen (secondary N) is 1. The molecule has 3 heteroatoms. The van der Waals surface area contributed by atoms with Gasteiger partial charge in [0.1, 0.15) is 0 Å². The maximum absolute atomic E-state index is 6.16. The van der Waals surface area contributed by atoms with Crippen molar-refractivity contribution >= 4 is 0 Å². The molecule has 0 aliphatic heterocycles. The molecule has 1 fully saturated rings. The van der Waals surface area contributed by atoms with Crippen molar-refractivity contribution in [2.45, 2.75) is 32.7 Å². The Morgan fingerprint density at radius 1 is 1.62 bits per heavy atom. The van der Waals surface area contributed by atoms with Gasteiger partial charge in [-0.25, -0.2) is 0 Å². The minimum atomic E-state index is 0.159. The fourth-order valence-electron chi connectivity index (χ4n) is 1.89. The van der Waals surface area contributed by atoms with Gasteiger partial charge < -0.3 is 5.73 Å². The van der Waals surface area contributed by atoms with E-state index in [-0.39, 0.29) is 6.04 Å². The molecule has 0 aromatic carbocycles. The lowest BCUT2D eigenvalue weighted by molar-refractivity contribution is 0.416. The number of aromatic amines is 1. The van der Waals surface area contributed by atoms with Crippen molar-refractivity contribution < 1.29 is 0 Å². The second kappa shape index (κ2) is 3.14. The van der Waals surface area contributed by atoms with Crippen molar-refractivity contribution in [3.8, 4) is 0 Å². The van der Waals surface area contributed by atoms with E-state index in [0.717, 1.165) is 11.6 Å². The molecule has 3 nitrogen and oxygen atoms in total. The Bertz CT molecular complexity index is 288. The molecule has 1 aliphatic carbocycles. The Labute approximate surface area is 78.7 Å². The van der Waals surface area contributed by atoms with Gasteiger partial charge in [0.2, 0.25) is 0 Å². The zero-order chi connectivity index (χ0) is 9.42. The first-order valence-electron chi connectivity index (χ1n) is 4.95. The summed E-state index contributed by atoms with van der Waals surface area (Å²) in [5.41, 5.74) is 8.46. The van der Waals surface area contributed by atoms with Crippen LogP contribution < -0.4 is 5.73 Å². The van der Waals surface area contributed by atoms with Crippen molar-refractivity contribution in [3.63, 3.8) is 0 Å². The van der Waals surface area contributed by atoms with Gasteiger partial charge in [-0.1, -0.05) is 6.92 Å². The lowest BCUT2D eigenvalue weighted by Gasteiger charge is -2.18. The van der Waals surface area contributed by atoms with Crippen molar-refractivity contribution in [1.29, 1.82) is 0 Å². The van der Waals surface area contributed by atoms with Gasteiger partial charge in [-0.3, -0.25) is 5.10 Å². The normalized spacial score (nSPS) is 21.5. The average molecular weight is 179 g/mol. The van der Waals surface area contributed by atoms with E-state index >= 15 is 0 Å². The van der Waals surface area contributed by atoms with Crippen LogP contribution >= 0.6 is 0 Å². The summed E-state index contributed by atoms with van der Waals surface area (Å²) in [4.78, 5) is 0. The molecule has 2 rings (SSSR count). The Morgan fingerprint density at radius 2 is 2.31 bits per heavy atom. The highest BCUT2D eigenvalue weighted by Gasteiger charge is 2.33. The van der Waals surface area contributed by atoms with Crippen molar-refractivity contribution in [1.82, 2.24) is 10.2 Å². The Balaban J connectivity index is 2.11. The first kappa shape index (κ1) is 8.75. The lowest BCUT2D eigenvalue weighted by Crippen LogP contribution is -2.20. The Kier molecular flexibility index (Phi) is 2.12. The summed E-state index contributed by atoms with van der Waals surface area (Å²) in [6.45, 7) is 4.27. The number of rotatable bonds is 3. The number of hydrogen-bond acceptors (Lipinski definition) is 2. The summed E-state index contributed by atoms with van der Waals surface area (Å²) in [5.74, 6) is 1.44. The lowest BCUT2D eigenvalue weighted by atomic mass is 9.92. The highest BCUT2D eigenvalue weighted by molar-refractivity contribution is 5.20. The molecule has 13 heavy (non-hydrogen) atoms. The van der Waals surface area contributed by atoms with Crippen molar-refractivity contribution in [3.05, 3.63) is 17.5 Å². The molecule has 3 N–H and O–H groups in total. The highest BCUT2D eigenvalue weighted by atomic mass is 15.1. The maximum atomic E-state index is 6.16. The first-order chi connectivity index (χ1) is 6.20. The molecule has 72 valence electrons. The topological polar surface area (TPSA) is 54.7 Å². The van der Waals surface area contributed by atoms with Gasteiger partial charge in [0.15, 0.2) is 0 Å². The van der Waals surface area contributed by atoms with Crippen LogP contribution in [-0.2, 0) is 0 Å². The van der Waals surface area contributed by atoms with Crippen LogP contribution in [0.3, 0.4) is 0 Å². The standard InChI is InChI=1S/C10H17N3/c1-6(8-3-4-8)10(11)9-5-12-13-7(9)2/h5-6,8,10H,3-4,11H2,1-2H3,(H,12,13). The van der Waals surface area contributed by atoms with Crippen LogP contribution in [0, 0.1) is 18.8 Å². The van der Waals surface area contributed by atoms with Crippen LogP contribution in [0.2, 0.25) is 0 Å². The molecule has 0 amide bonds. The Hall–Kier alpha value is -0.830. The van der Waals surface area contributed by atoms with Gasteiger partial charge in [-0.05, 0) is 31.6 Å². The molecule has 0 saturated heterocycles. The number of H-pyrrole nitrogens is 1. The summed E-state index contributed by atoms with van der Waals surface area (Å²) >= 11 is 0. The summed E-state index contributed by atoms with van der Waals surface area (Å²) in [7, 11) is 0. The van der Waals surface area contributed by atoms with E-state index in [9.17, 15) is 0 Å². The van der Waals surface area contributed by atoms with Crippen LogP contribution in [0.5, 0.6) is 0 Å². The fourth-order valence-corrected chi connectivity index (χ4v) is 1.89. The second-order valence-electron chi connectivity index (χ2n) is 4.17. The largest absolute Gasteiger partial charge is 0.324 e. The van der Waals surface area contributed by atoms with E-state index in [1.54, 1.807) is 0 Å². The van der Waals surface area contributed by atoms with Gasteiger partial charge in [0.25, 0.3) is 0 Å². The molecule has 1 aromatic rings.